The van der Waals surface area contributed by atoms with Crippen LogP contribution in [0.3, 0.4) is 0 Å². The van der Waals surface area contributed by atoms with E-state index in [0.29, 0.717) is 11.8 Å². The average molecular weight is 350 g/mol. The van der Waals surface area contributed by atoms with Crippen molar-refractivity contribution in [3.8, 4) is 0 Å². The summed E-state index contributed by atoms with van der Waals surface area (Å²) in [6, 6.07) is 0. The van der Waals surface area contributed by atoms with E-state index < -0.39 is 0 Å². The summed E-state index contributed by atoms with van der Waals surface area (Å²) in [4.78, 5) is 23.1. The third-order valence-corrected chi connectivity index (χ3v) is 4.31. The molecule has 1 aliphatic heterocycles. The highest BCUT2D eigenvalue weighted by Crippen LogP contribution is 2.19. The van der Waals surface area contributed by atoms with Gasteiger partial charge in [0.1, 0.15) is 6.33 Å². The van der Waals surface area contributed by atoms with E-state index in [2.05, 4.69) is 30.4 Å². The fourth-order valence-electron chi connectivity index (χ4n) is 2.69. The van der Waals surface area contributed by atoms with Gasteiger partial charge in [0.25, 0.3) is 5.91 Å². The number of aryl methyl sites for hydroxylation is 1. The monoisotopic (exact) mass is 349 g/mol. The molecule has 1 N–H and O–H groups in total. The van der Waals surface area contributed by atoms with Gasteiger partial charge < -0.3 is 14.8 Å². The highest BCUT2D eigenvalue weighted by molar-refractivity contribution is 6.33. The van der Waals surface area contributed by atoms with Crippen LogP contribution in [0.25, 0.3) is 0 Å². The van der Waals surface area contributed by atoms with Gasteiger partial charge in [-0.15, -0.1) is 10.2 Å². The zero-order valence-electron chi connectivity index (χ0n) is 13.6. The maximum atomic E-state index is 12.4. The van der Waals surface area contributed by atoms with E-state index >= 15 is 0 Å². The van der Waals surface area contributed by atoms with Gasteiger partial charge in [0.2, 0.25) is 5.95 Å². The van der Waals surface area contributed by atoms with Crippen molar-refractivity contribution in [1.29, 1.82) is 0 Å². The van der Waals surface area contributed by atoms with Crippen LogP contribution < -0.4 is 10.2 Å². The molecule has 0 spiro atoms. The van der Waals surface area contributed by atoms with Gasteiger partial charge in [0.05, 0.1) is 17.8 Å². The van der Waals surface area contributed by atoms with Crippen LogP contribution in [0.5, 0.6) is 0 Å². The lowest BCUT2D eigenvalue weighted by Crippen LogP contribution is -2.32. The van der Waals surface area contributed by atoms with E-state index in [-0.39, 0.29) is 23.2 Å². The fourth-order valence-corrected chi connectivity index (χ4v) is 2.86. The fraction of sp³-hybridized carbons (Fsp3) is 0.533. The van der Waals surface area contributed by atoms with Crippen molar-refractivity contribution in [2.24, 2.45) is 0 Å². The summed E-state index contributed by atoms with van der Waals surface area (Å²) in [5.41, 5.74) is 0.190. The molecule has 2 aromatic heterocycles. The molecule has 8 nitrogen and oxygen atoms in total. The zero-order chi connectivity index (χ0) is 16.9. The number of piperidine rings is 1. The lowest BCUT2D eigenvalue weighted by molar-refractivity contribution is 0.0944. The molecular weight excluding hydrogens is 330 g/mol. The molecule has 128 valence electrons. The molecule has 0 aromatic carbocycles. The number of nitrogens with one attached hydrogen (secondary N) is 1. The number of carbonyl (C=O) groups is 1. The lowest BCUT2D eigenvalue weighted by atomic mass is 10.1. The van der Waals surface area contributed by atoms with Crippen LogP contribution in [0, 0.1) is 0 Å². The zero-order valence-corrected chi connectivity index (χ0v) is 14.3. The minimum Gasteiger partial charge on any atom is -0.343 e. The van der Waals surface area contributed by atoms with Gasteiger partial charge in [-0.05, 0) is 26.2 Å². The standard InChI is InChI=1S/C15H20ClN7O/c1-2-22-10-19-21-12(22)9-17-14(24)13-11(16)8-18-15(20-13)23-6-4-3-5-7-23/h8,10H,2-7,9H2,1H3,(H,17,24). The van der Waals surface area contributed by atoms with Gasteiger partial charge in [-0.1, -0.05) is 11.6 Å². The van der Waals surface area contributed by atoms with Crippen molar-refractivity contribution < 1.29 is 4.79 Å². The lowest BCUT2D eigenvalue weighted by Gasteiger charge is -2.26. The van der Waals surface area contributed by atoms with Gasteiger partial charge in [0.15, 0.2) is 11.5 Å². The molecule has 0 saturated carbocycles. The molecular formula is C15H20ClN7O. The molecule has 3 rings (SSSR count). The maximum absolute atomic E-state index is 12.4. The minimum absolute atomic E-state index is 0.190. The number of halogens is 1. The van der Waals surface area contributed by atoms with Crippen LogP contribution in [0.15, 0.2) is 12.5 Å². The van der Waals surface area contributed by atoms with E-state index in [4.69, 9.17) is 11.6 Å². The molecule has 1 amide bonds. The highest BCUT2D eigenvalue weighted by Gasteiger charge is 2.19. The summed E-state index contributed by atoms with van der Waals surface area (Å²) in [6.45, 7) is 4.81. The highest BCUT2D eigenvalue weighted by atomic mass is 35.5. The Morgan fingerprint density at radius 3 is 2.88 bits per heavy atom. The van der Waals surface area contributed by atoms with Crippen molar-refractivity contribution in [2.45, 2.75) is 39.3 Å². The second-order valence-electron chi connectivity index (χ2n) is 5.63. The number of hydrogen-bond donors (Lipinski definition) is 1. The van der Waals surface area contributed by atoms with Gasteiger partial charge in [-0.25, -0.2) is 9.97 Å². The van der Waals surface area contributed by atoms with Crippen LogP contribution in [0.4, 0.5) is 5.95 Å². The molecule has 0 radical (unpaired) electrons. The first-order valence-corrected chi connectivity index (χ1v) is 8.49. The normalized spacial score (nSPS) is 14.7. The third-order valence-electron chi connectivity index (χ3n) is 4.03. The Kier molecular flexibility index (Phi) is 5.24. The van der Waals surface area contributed by atoms with E-state index in [1.165, 1.54) is 12.6 Å². The van der Waals surface area contributed by atoms with Crippen molar-refractivity contribution in [2.75, 3.05) is 18.0 Å². The molecule has 1 fully saturated rings. The number of nitrogens with zero attached hydrogens (tertiary/aromatic N) is 6. The quantitative estimate of drug-likeness (QED) is 0.883. The Hall–Kier alpha value is -2.22. The van der Waals surface area contributed by atoms with Crippen LogP contribution in [-0.4, -0.2) is 43.7 Å². The largest absolute Gasteiger partial charge is 0.343 e. The van der Waals surface area contributed by atoms with Crippen molar-refractivity contribution in [1.82, 2.24) is 30.0 Å². The molecule has 1 saturated heterocycles. The predicted molar refractivity (Wildman–Crippen MR) is 90.0 cm³/mol. The van der Waals surface area contributed by atoms with E-state index in [1.54, 1.807) is 6.33 Å². The Bertz CT molecular complexity index is 712. The average Bonchev–Trinajstić information content (AvgIpc) is 3.08. The summed E-state index contributed by atoms with van der Waals surface area (Å²) in [7, 11) is 0. The summed E-state index contributed by atoms with van der Waals surface area (Å²) < 4.78 is 1.86. The molecule has 2 aromatic rings. The molecule has 1 aliphatic rings. The Morgan fingerprint density at radius 2 is 2.12 bits per heavy atom. The molecule has 9 heteroatoms. The smallest absolute Gasteiger partial charge is 0.272 e. The number of aromatic nitrogens is 5. The summed E-state index contributed by atoms with van der Waals surface area (Å²) >= 11 is 6.11. The predicted octanol–water partition coefficient (Wildman–Crippen LogP) is 1.66. The topological polar surface area (TPSA) is 88.8 Å². The second-order valence-corrected chi connectivity index (χ2v) is 6.04. The number of amides is 1. The van der Waals surface area contributed by atoms with Crippen molar-refractivity contribution in [3.63, 3.8) is 0 Å². The van der Waals surface area contributed by atoms with Crippen LogP contribution in [0.2, 0.25) is 5.02 Å². The Balaban J connectivity index is 1.71. The van der Waals surface area contributed by atoms with Gasteiger partial charge in [-0.2, -0.15) is 0 Å². The van der Waals surface area contributed by atoms with Gasteiger partial charge in [-0.3, -0.25) is 4.79 Å². The van der Waals surface area contributed by atoms with E-state index in [9.17, 15) is 4.79 Å². The van der Waals surface area contributed by atoms with Crippen molar-refractivity contribution in [3.05, 3.63) is 29.1 Å². The molecule has 0 atom stereocenters. The number of rotatable bonds is 5. The van der Waals surface area contributed by atoms with Crippen LogP contribution >= 0.6 is 11.6 Å². The first kappa shape index (κ1) is 16.6. The van der Waals surface area contributed by atoms with Crippen LogP contribution in [-0.2, 0) is 13.1 Å². The maximum Gasteiger partial charge on any atom is 0.272 e. The first-order chi connectivity index (χ1) is 11.7. The third kappa shape index (κ3) is 3.64. The summed E-state index contributed by atoms with van der Waals surface area (Å²) in [5, 5.41) is 10.9. The van der Waals surface area contributed by atoms with E-state index in [0.717, 1.165) is 32.5 Å². The van der Waals surface area contributed by atoms with Crippen LogP contribution in [0.1, 0.15) is 42.5 Å². The number of carbonyl (C=O) groups excluding carboxylic acids is 1. The molecule has 0 aliphatic carbocycles. The first-order valence-electron chi connectivity index (χ1n) is 8.11. The van der Waals surface area contributed by atoms with Gasteiger partial charge in [0, 0.05) is 19.6 Å². The SMILES string of the molecule is CCn1cnnc1CNC(=O)c1nc(N2CCCCC2)ncc1Cl. The second kappa shape index (κ2) is 7.57. The molecule has 24 heavy (non-hydrogen) atoms. The van der Waals surface area contributed by atoms with Gasteiger partial charge >= 0.3 is 0 Å². The minimum atomic E-state index is -0.341. The Labute approximate surface area is 145 Å². The summed E-state index contributed by atoms with van der Waals surface area (Å²) in [5.74, 6) is 0.902. The number of anilines is 1. The molecule has 3 heterocycles. The Morgan fingerprint density at radius 1 is 1.33 bits per heavy atom. The number of hydrogen-bond acceptors (Lipinski definition) is 6. The molecule has 0 bridgehead atoms. The van der Waals surface area contributed by atoms with Crippen molar-refractivity contribution >= 4 is 23.5 Å². The summed E-state index contributed by atoms with van der Waals surface area (Å²) in [6.07, 6.45) is 6.56. The van der Waals surface area contributed by atoms with E-state index in [1.807, 2.05) is 11.5 Å². The molecule has 0 unspecified atom stereocenters.